The van der Waals surface area contributed by atoms with Crippen LogP contribution in [0.2, 0.25) is 5.02 Å². The van der Waals surface area contributed by atoms with Crippen LogP contribution in [-0.4, -0.2) is 28.0 Å². The van der Waals surface area contributed by atoms with Gasteiger partial charge < -0.3 is 4.42 Å². The summed E-state index contributed by atoms with van der Waals surface area (Å²) >= 11 is 7.79. The zero-order valence-electron chi connectivity index (χ0n) is 13.7. The van der Waals surface area contributed by atoms with Crippen molar-refractivity contribution in [2.75, 3.05) is 13.1 Å². The second kappa shape index (κ2) is 6.82. The third-order valence-electron chi connectivity index (χ3n) is 4.59. The number of rotatable bonds is 4. The summed E-state index contributed by atoms with van der Waals surface area (Å²) < 4.78 is 5.93. The fourth-order valence-corrected chi connectivity index (χ4v) is 4.15. The van der Waals surface area contributed by atoms with E-state index in [1.54, 1.807) is 11.3 Å². The quantitative estimate of drug-likeness (QED) is 0.664. The number of hydrogen-bond donors (Lipinski definition) is 0. The fraction of sp³-hybridized carbons (Fsp3) is 0.444. The molecule has 0 bridgehead atoms. The minimum Gasteiger partial charge on any atom is -0.440 e. The summed E-state index contributed by atoms with van der Waals surface area (Å²) in [6.07, 6.45) is 3.17. The van der Waals surface area contributed by atoms with Crippen LogP contribution in [0.5, 0.6) is 0 Å². The third-order valence-corrected chi connectivity index (χ3v) is 5.87. The number of oxazole rings is 1. The summed E-state index contributed by atoms with van der Waals surface area (Å²) in [4.78, 5) is 11.8. The SMILES string of the molecule is CCc1nc(CN2CCC(c3nc4cc(Cl)ccc4o3)CC2)cs1. The highest BCUT2D eigenvalue weighted by atomic mass is 35.5. The van der Waals surface area contributed by atoms with Crippen LogP contribution in [-0.2, 0) is 13.0 Å². The smallest absolute Gasteiger partial charge is 0.198 e. The molecule has 0 amide bonds. The molecule has 0 radical (unpaired) electrons. The van der Waals surface area contributed by atoms with Crippen molar-refractivity contribution in [1.29, 1.82) is 0 Å². The zero-order chi connectivity index (χ0) is 16.5. The van der Waals surface area contributed by atoms with E-state index in [4.69, 9.17) is 16.0 Å². The second-order valence-corrected chi connectivity index (χ2v) is 7.68. The predicted octanol–water partition coefficient (Wildman–Crippen LogP) is 4.88. The number of halogens is 1. The minimum atomic E-state index is 0.397. The molecule has 126 valence electrons. The molecule has 0 N–H and O–H groups in total. The fourth-order valence-electron chi connectivity index (χ4n) is 3.24. The molecule has 1 aliphatic heterocycles. The van der Waals surface area contributed by atoms with Gasteiger partial charge in [0.2, 0.25) is 0 Å². The van der Waals surface area contributed by atoms with Crippen molar-refractivity contribution in [3.05, 3.63) is 45.2 Å². The normalized spacial score (nSPS) is 16.9. The van der Waals surface area contributed by atoms with E-state index in [-0.39, 0.29) is 0 Å². The van der Waals surface area contributed by atoms with Crippen molar-refractivity contribution in [1.82, 2.24) is 14.9 Å². The lowest BCUT2D eigenvalue weighted by atomic mass is 9.97. The molecule has 0 unspecified atom stereocenters. The molecule has 1 aliphatic rings. The van der Waals surface area contributed by atoms with Crippen LogP contribution in [0.3, 0.4) is 0 Å². The van der Waals surface area contributed by atoms with Gasteiger partial charge in [-0.05, 0) is 50.6 Å². The molecule has 2 aromatic heterocycles. The molecule has 4 nitrogen and oxygen atoms in total. The lowest BCUT2D eigenvalue weighted by Gasteiger charge is -2.29. The van der Waals surface area contributed by atoms with Gasteiger partial charge in [-0.1, -0.05) is 18.5 Å². The number of likely N-dealkylation sites (tertiary alicyclic amines) is 1. The van der Waals surface area contributed by atoms with Gasteiger partial charge in [-0.15, -0.1) is 11.3 Å². The number of thiazole rings is 1. The summed E-state index contributed by atoms with van der Waals surface area (Å²) in [5, 5.41) is 4.12. The Balaban J connectivity index is 1.39. The first-order valence-corrected chi connectivity index (χ1v) is 9.68. The number of benzene rings is 1. The monoisotopic (exact) mass is 361 g/mol. The Morgan fingerprint density at radius 2 is 2.12 bits per heavy atom. The number of fused-ring (bicyclic) bond motifs is 1. The molecule has 4 rings (SSSR count). The van der Waals surface area contributed by atoms with E-state index in [1.807, 2.05) is 18.2 Å². The van der Waals surface area contributed by atoms with Gasteiger partial charge in [0.05, 0.1) is 10.7 Å². The van der Waals surface area contributed by atoms with Gasteiger partial charge in [-0.3, -0.25) is 4.90 Å². The highest BCUT2D eigenvalue weighted by Crippen LogP contribution is 2.31. The Morgan fingerprint density at radius 1 is 1.29 bits per heavy atom. The van der Waals surface area contributed by atoms with Crippen molar-refractivity contribution in [2.24, 2.45) is 0 Å². The first kappa shape index (κ1) is 16.1. The van der Waals surface area contributed by atoms with Crippen molar-refractivity contribution in [3.63, 3.8) is 0 Å². The molecule has 1 aromatic carbocycles. The number of hydrogen-bond acceptors (Lipinski definition) is 5. The number of piperidine rings is 1. The first-order chi connectivity index (χ1) is 11.7. The van der Waals surface area contributed by atoms with E-state index in [9.17, 15) is 0 Å². The standard InChI is InChI=1S/C18H20ClN3OS/c1-2-17-20-14(11-24-17)10-22-7-5-12(6-8-22)18-21-15-9-13(19)3-4-16(15)23-18/h3-4,9,11-12H,2,5-8,10H2,1H3. The van der Waals surface area contributed by atoms with Gasteiger partial charge in [0.25, 0.3) is 0 Å². The third kappa shape index (κ3) is 3.34. The summed E-state index contributed by atoms with van der Waals surface area (Å²) in [5.74, 6) is 1.25. The molecular formula is C18H20ClN3OS. The Bertz CT molecular complexity index is 836. The lowest BCUT2D eigenvalue weighted by Crippen LogP contribution is -2.32. The average Bonchev–Trinajstić information content (AvgIpc) is 3.21. The Morgan fingerprint density at radius 3 is 2.88 bits per heavy atom. The molecular weight excluding hydrogens is 342 g/mol. The van der Waals surface area contributed by atoms with Gasteiger partial charge in [0.15, 0.2) is 11.5 Å². The van der Waals surface area contributed by atoms with Crippen LogP contribution in [0, 0.1) is 0 Å². The molecule has 24 heavy (non-hydrogen) atoms. The van der Waals surface area contributed by atoms with Crippen LogP contribution < -0.4 is 0 Å². The number of nitrogens with zero attached hydrogens (tertiary/aromatic N) is 3. The van der Waals surface area contributed by atoms with Crippen LogP contribution in [0.1, 0.15) is 42.3 Å². The van der Waals surface area contributed by atoms with E-state index in [0.717, 1.165) is 55.9 Å². The molecule has 6 heteroatoms. The van der Waals surface area contributed by atoms with E-state index in [1.165, 1.54) is 10.7 Å². The maximum Gasteiger partial charge on any atom is 0.198 e. The second-order valence-electron chi connectivity index (χ2n) is 6.30. The van der Waals surface area contributed by atoms with E-state index in [0.29, 0.717) is 10.9 Å². The van der Waals surface area contributed by atoms with Crippen molar-refractivity contribution < 1.29 is 4.42 Å². The minimum absolute atomic E-state index is 0.397. The number of aryl methyl sites for hydroxylation is 1. The Kier molecular flexibility index (Phi) is 4.57. The zero-order valence-corrected chi connectivity index (χ0v) is 15.2. The largest absolute Gasteiger partial charge is 0.440 e. The predicted molar refractivity (Wildman–Crippen MR) is 97.8 cm³/mol. The van der Waals surface area contributed by atoms with Crippen molar-refractivity contribution in [3.8, 4) is 0 Å². The van der Waals surface area contributed by atoms with Gasteiger partial charge in [-0.2, -0.15) is 0 Å². The van der Waals surface area contributed by atoms with Crippen molar-refractivity contribution in [2.45, 2.75) is 38.6 Å². The van der Waals surface area contributed by atoms with Gasteiger partial charge >= 0.3 is 0 Å². The maximum atomic E-state index is 6.03. The number of aromatic nitrogens is 2. The summed E-state index contributed by atoms with van der Waals surface area (Å²) in [5.41, 5.74) is 2.88. The van der Waals surface area contributed by atoms with Gasteiger partial charge in [0.1, 0.15) is 5.52 Å². The van der Waals surface area contributed by atoms with E-state index >= 15 is 0 Å². The molecule has 0 spiro atoms. The van der Waals surface area contributed by atoms with Crippen LogP contribution in [0.25, 0.3) is 11.1 Å². The molecule has 0 aliphatic carbocycles. The molecule has 0 atom stereocenters. The van der Waals surface area contributed by atoms with Crippen LogP contribution in [0.15, 0.2) is 28.0 Å². The van der Waals surface area contributed by atoms with Gasteiger partial charge in [0, 0.05) is 22.9 Å². The lowest BCUT2D eigenvalue weighted by molar-refractivity contribution is 0.192. The van der Waals surface area contributed by atoms with Crippen molar-refractivity contribution >= 4 is 34.0 Å². The van der Waals surface area contributed by atoms with Crippen LogP contribution in [0.4, 0.5) is 0 Å². The maximum absolute atomic E-state index is 6.03. The molecule has 1 fully saturated rings. The summed E-state index contributed by atoms with van der Waals surface area (Å²) in [6.45, 7) is 5.22. The first-order valence-electron chi connectivity index (χ1n) is 8.43. The topological polar surface area (TPSA) is 42.2 Å². The Hall–Kier alpha value is -1.43. The molecule has 0 saturated carbocycles. The summed E-state index contributed by atoms with van der Waals surface area (Å²) in [6, 6.07) is 5.61. The van der Waals surface area contributed by atoms with E-state index < -0.39 is 0 Å². The highest BCUT2D eigenvalue weighted by molar-refractivity contribution is 7.09. The molecule has 1 saturated heterocycles. The average molecular weight is 362 g/mol. The highest BCUT2D eigenvalue weighted by Gasteiger charge is 2.25. The molecule has 3 aromatic rings. The van der Waals surface area contributed by atoms with E-state index in [2.05, 4.69) is 27.2 Å². The summed E-state index contributed by atoms with van der Waals surface area (Å²) in [7, 11) is 0. The molecule has 3 heterocycles. The van der Waals surface area contributed by atoms with Gasteiger partial charge in [-0.25, -0.2) is 9.97 Å². The van der Waals surface area contributed by atoms with Crippen LogP contribution >= 0.6 is 22.9 Å². The Labute approximate surface area is 150 Å².